The van der Waals surface area contributed by atoms with Gasteiger partial charge in [-0.1, -0.05) is 24.3 Å². The van der Waals surface area contributed by atoms with E-state index in [4.69, 9.17) is 9.97 Å². The van der Waals surface area contributed by atoms with E-state index in [2.05, 4.69) is 29.3 Å². The number of para-hydroxylation sites is 1. The molecule has 168 valence electrons. The van der Waals surface area contributed by atoms with E-state index < -0.39 is 0 Å². The highest BCUT2D eigenvalue weighted by molar-refractivity contribution is 7.80. The number of anilines is 2. The summed E-state index contributed by atoms with van der Waals surface area (Å²) in [6, 6.07) is 16.2. The van der Waals surface area contributed by atoms with Gasteiger partial charge in [0.25, 0.3) is 0 Å². The summed E-state index contributed by atoms with van der Waals surface area (Å²) >= 11 is 4.29. The van der Waals surface area contributed by atoms with Gasteiger partial charge in [0, 0.05) is 37.0 Å². The van der Waals surface area contributed by atoms with Crippen LogP contribution in [0.15, 0.2) is 53.4 Å². The molecule has 1 aromatic heterocycles. The van der Waals surface area contributed by atoms with Gasteiger partial charge in [-0.05, 0) is 61.4 Å². The molecule has 1 aliphatic carbocycles. The maximum Gasteiger partial charge on any atom is 0.225 e. The lowest BCUT2D eigenvalue weighted by Crippen LogP contribution is -2.34. The highest BCUT2D eigenvalue weighted by Crippen LogP contribution is 2.28. The first-order valence-corrected chi connectivity index (χ1v) is 11.7. The van der Waals surface area contributed by atoms with Gasteiger partial charge in [0.1, 0.15) is 5.82 Å². The molecule has 0 spiro atoms. The van der Waals surface area contributed by atoms with E-state index in [1.165, 1.54) is 0 Å². The SMILES string of the molecule is CN(C)c1nc(N[C@H]2CC[C@@H](CNC(=O)Cc3ccc(S)cc3)CC2)nc2ccccc12. The molecule has 2 N–H and O–H groups in total. The standard InChI is InChI=1S/C25H31N5OS/c1-30(2)24-21-5-3-4-6-22(21)28-25(29-24)27-19-11-7-18(8-12-19)16-26-23(31)15-17-9-13-20(32)14-10-17/h3-6,9-10,13-14,18-19,32H,7-8,11-12,15-16H2,1-2H3,(H,26,31)(H,27,28,29)/t18-,19+. The van der Waals surface area contributed by atoms with E-state index in [9.17, 15) is 4.79 Å². The zero-order chi connectivity index (χ0) is 22.5. The summed E-state index contributed by atoms with van der Waals surface area (Å²) in [5.41, 5.74) is 1.97. The van der Waals surface area contributed by atoms with Gasteiger partial charge in [-0.3, -0.25) is 4.79 Å². The Labute approximate surface area is 195 Å². The second-order valence-electron chi connectivity index (χ2n) is 8.79. The molecule has 0 radical (unpaired) electrons. The Bertz CT molecular complexity index is 1060. The fourth-order valence-corrected chi connectivity index (χ4v) is 4.43. The van der Waals surface area contributed by atoms with Crippen LogP contribution in [0.1, 0.15) is 31.2 Å². The molecule has 1 heterocycles. The van der Waals surface area contributed by atoms with Gasteiger partial charge in [-0.2, -0.15) is 4.98 Å². The van der Waals surface area contributed by atoms with Crippen molar-refractivity contribution < 1.29 is 4.79 Å². The van der Waals surface area contributed by atoms with Crippen molar-refractivity contribution in [2.75, 3.05) is 30.9 Å². The van der Waals surface area contributed by atoms with Crippen LogP contribution < -0.4 is 15.5 Å². The molecular formula is C25H31N5OS. The molecule has 32 heavy (non-hydrogen) atoms. The number of fused-ring (bicyclic) bond motifs is 1. The molecule has 1 amide bonds. The smallest absolute Gasteiger partial charge is 0.225 e. The van der Waals surface area contributed by atoms with E-state index in [-0.39, 0.29) is 5.91 Å². The van der Waals surface area contributed by atoms with Crippen LogP contribution in [-0.2, 0) is 11.2 Å². The number of rotatable bonds is 7. The van der Waals surface area contributed by atoms with Gasteiger partial charge < -0.3 is 15.5 Å². The van der Waals surface area contributed by atoms with E-state index in [0.717, 1.165) is 59.4 Å². The van der Waals surface area contributed by atoms with E-state index >= 15 is 0 Å². The number of nitrogens with zero attached hydrogens (tertiary/aromatic N) is 3. The van der Waals surface area contributed by atoms with Crippen molar-refractivity contribution in [1.82, 2.24) is 15.3 Å². The lowest BCUT2D eigenvalue weighted by Gasteiger charge is -2.29. The van der Waals surface area contributed by atoms with Gasteiger partial charge in [-0.25, -0.2) is 4.98 Å². The number of amides is 1. The topological polar surface area (TPSA) is 70.2 Å². The molecule has 6 nitrogen and oxygen atoms in total. The maximum atomic E-state index is 12.3. The summed E-state index contributed by atoms with van der Waals surface area (Å²) in [5.74, 6) is 2.22. The lowest BCUT2D eigenvalue weighted by molar-refractivity contribution is -0.120. The van der Waals surface area contributed by atoms with Crippen molar-refractivity contribution in [2.45, 2.75) is 43.0 Å². The largest absolute Gasteiger partial charge is 0.362 e. The third-order valence-corrected chi connectivity index (χ3v) is 6.37. The summed E-state index contributed by atoms with van der Waals surface area (Å²) < 4.78 is 0. The Morgan fingerprint density at radius 2 is 1.75 bits per heavy atom. The quantitative estimate of drug-likeness (QED) is 0.469. The van der Waals surface area contributed by atoms with E-state index in [1.54, 1.807) is 0 Å². The van der Waals surface area contributed by atoms with Crippen LogP contribution >= 0.6 is 12.6 Å². The van der Waals surface area contributed by atoms with Crippen molar-refractivity contribution in [1.29, 1.82) is 0 Å². The molecule has 0 saturated heterocycles. The Kier molecular flexibility index (Phi) is 7.15. The Morgan fingerprint density at radius 1 is 1.03 bits per heavy atom. The van der Waals surface area contributed by atoms with Crippen molar-refractivity contribution in [2.24, 2.45) is 5.92 Å². The first kappa shape index (κ1) is 22.4. The summed E-state index contributed by atoms with van der Waals surface area (Å²) in [6.07, 6.45) is 4.69. The predicted molar refractivity (Wildman–Crippen MR) is 134 cm³/mol. The number of aromatic nitrogens is 2. The second-order valence-corrected chi connectivity index (χ2v) is 9.31. The molecule has 1 fully saturated rings. The number of benzene rings is 2. The number of thiol groups is 1. The molecule has 0 bridgehead atoms. The van der Waals surface area contributed by atoms with Crippen molar-refractivity contribution in [3.8, 4) is 0 Å². The number of nitrogens with one attached hydrogen (secondary N) is 2. The molecule has 7 heteroatoms. The van der Waals surface area contributed by atoms with E-state index in [0.29, 0.717) is 24.3 Å². The molecule has 3 aromatic rings. The molecule has 4 rings (SSSR count). The third kappa shape index (κ3) is 5.71. The zero-order valence-electron chi connectivity index (χ0n) is 18.7. The van der Waals surface area contributed by atoms with Crippen molar-refractivity contribution >= 4 is 41.2 Å². The molecule has 1 aliphatic rings. The Balaban J connectivity index is 1.27. The average Bonchev–Trinajstić information content (AvgIpc) is 2.79. The van der Waals surface area contributed by atoms with Crippen LogP contribution in [0.25, 0.3) is 10.9 Å². The molecule has 1 saturated carbocycles. The average molecular weight is 450 g/mol. The van der Waals surface area contributed by atoms with Crippen molar-refractivity contribution in [3.63, 3.8) is 0 Å². The van der Waals surface area contributed by atoms with E-state index in [1.807, 2.05) is 61.5 Å². The van der Waals surface area contributed by atoms with Crippen LogP contribution in [0.2, 0.25) is 0 Å². The summed E-state index contributed by atoms with van der Waals surface area (Å²) in [6.45, 7) is 0.744. The predicted octanol–water partition coefficient (Wildman–Crippen LogP) is 4.31. The summed E-state index contributed by atoms with van der Waals surface area (Å²) in [4.78, 5) is 24.7. The Morgan fingerprint density at radius 3 is 2.47 bits per heavy atom. The van der Waals surface area contributed by atoms with Crippen LogP contribution in [0, 0.1) is 5.92 Å². The molecule has 0 aliphatic heterocycles. The van der Waals surface area contributed by atoms with Crippen LogP contribution in [-0.4, -0.2) is 42.6 Å². The minimum absolute atomic E-state index is 0.0814. The number of carbonyl (C=O) groups excluding carboxylic acids is 1. The minimum atomic E-state index is 0.0814. The number of carbonyl (C=O) groups is 1. The zero-order valence-corrected chi connectivity index (χ0v) is 19.6. The third-order valence-electron chi connectivity index (χ3n) is 6.08. The normalized spacial score (nSPS) is 18.3. The monoisotopic (exact) mass is 449 g/mol. The number of hydrogen-bond acceptors (Lipinski definition) is 6. The second kappa shape index (κ2) is 10.2. The summed E-state index contributed by atoms with van der Waals surface area (Å²) in [5, 5.41) is 7.72. The molecule has 0 atom stereocenters. The van der Waals surface area contributed by atoms with Gasteiger partial charge in [0.05, 0.1) is 11.9 Å². The molecule has 0 unspecified atom stereocenters. The van der Waals surface area contributed by atoms with Gasteiger partial charge >= 0.3 is 0 Å². The highest BCUT2D eigenvalue weighted by Gasteiger charge is 2.22. The van der Waals surface area contributed by atoms with Crippen LogP contribution in [0.5, 0.6) is 0 Å². The first-order valence-electron chi connectivity index (χ1n) is 11.2. The van der Waals surface area contributed by atoms with Crippen LogP contribution in [0.4, 0.5) is 11.8 Å². The highest BCUT2D eigenvalue weighted by atomic mass is 32.1. The maximum absolute atomic E-state index is 12.3. The van der Waals surface area contributed by atoms with Gasteiger partial charge in [-0.15, -0.1) is 12.6 Å². The first-order chi connectivity index (χ1) is 15.5. The van der Waals surface area contributed by atoms with Crippen molar-refractivity contribution in [3.05, 3.63) is 54.1 Å². The molecule has 2 aromatic carbocycles. The summed E-state index contributed by atoms with van der Waals surface area (Å²) in [7, 11) is 4.01. The minimum Gasteiger partial charge on any atom is -0.362 e. The molecular weight excluding hydrogens is 418 g/mol. The van der Waals surface area contributed by atoms with Gasteiger partial charge in [0.15, 0.2) is 0 Å². The van der Waals surface area contributed by atoms with Crippen LogP contribution in [0.3, 0.4) is 0 Å². The number of hydrogen-bond donors (Lipinski definition) is 3. The lowest BCUT2D eigenvalue weighted by atomic mass is 9.86. The van der Waals surface area contributed by atoms with Gasteiger partial charge in [0.2, 0.25) is 11.9 Å². The fourth-order valence-electron chi connectivity index (χ4n) is 4.28. The fraction of sp³-hybridized carbons (Fsp3) is 0.400. The Hall–Kier alpha value is -2.80.